The van der Waals surface area contributed by atoms with Gasteiger partial charge < -0.3 is 30.1 Å². The number of morpholine rings is 1. The molecule has 4 aliphatic rings. The van der Waals surface area contributed by atoms with Gasteiger partial charge in [0.25, 0.3) is 0 Å². The first-order chi connectivity index (χ1) is 16.9. The van der Waals surface area contributed by atoms with Crippen molar-refractivity contribution in [1.29, 1.82) is 0 Å². The van der Waals surface area contributed by atoms with Crippen LogP contribution < -0.4 is 15.5 Å². The summed E-state index contributed by atoms with van der Waals surface area (Å²) in [4.78, 5) is 19.5. The standard InChI is InChI=1S/C24H31ClN6O3S/c1-13-23(35-18-3-6-27-22(19(18)25)31-9-17-16(31)11-33-17)29-15(10-32)21(28-13)30-7-4-24(5-8-30)12-34-14(2)20(24)26/h3,6,14,16-17,20,32H,4-5,7-12,26H2,1-2H3/t14-,16?,17+,20+/m0/s1. The van der Waals surface area contributed by atoms with Crippen molar-refractivity contribution in [3.63, 3.8) is 0 Å². The summed E-state index contributed by atoms with van der Waals surface area (Å²) < 4.78 is 11.4. The minimum absolute atomic E-state index is 0.0332. The number of rotatable bonds is 5. The second kappa shape index (κ2) is 9.00. The summed E-state index contributed by atoms with van der Waals surface area (Å²) >= 11 is 8.23. The van der Waals surface area contributed by atoms with E-state index in [1.165, 1.54) is 11.8 Å². The van der Waals surface area contributed by atoms with Crippen LogP contribution in [0.4, 0.5) is 11.6 Å². The lowest BCUT2D eigenvalue weighted by atomic mass is 9.73. The van der Waals surface area contributed by atoms with Gasteiger partial charge in [-0.2, -0.15) is 0 Å². The highest BCUT2D eigenvalue weighted by molar-refractivity contribution is 7.99. The van der Waals surface area contributed by atoms with Crippen LogP contribution in [0, 0.1) is 12.3 Å². The van der Waals surface area contributed by atoms with E-state index in [4.69, 9.17) is 36.8 Å². The van der Waals surface area contributed by atoms with Gasteiger partial charge in [0.1, 0.15) is 16.5 Å². The summed E-state index contributed by atoms with van der Waals surface area (Å²) in [6.45, 7) is 7.73. The lowest BCUT2D eigenvalue weighted by molar-refractivity contribution is -0.113. The molecule has 188 valence electrons. The molecule has 1 spiro atoms. The van der Waals surface area contributed by atoms with E-state index in [9.17, 15) is 5.11 Å². The number of halogens is 1. The molecule has 0 saturated carbocycles. The fourth-order valence-electron chi connectivity index (χ4n) is 5.63. The van der Waals surface area contributed by atoms with Crippen molar-refractivity contribution < 1.29 is 14.6 Å². The molecule has 4 atom stereocenters. The van der Waals surface area contributed by atoms with Crippen molar-refractivity contribution in [3.8, 4) is 0 Å². The normalized spacial score (nSPS) is 29.2. The Morgan fingerprint density at radius 1 is 1.26 bits per heavy atom. The fourth-order valence-corrected chi connectivity index (χ4v) is 6.84. The highest BCUT2D eigenvalue weighted by Crippen LogP contribution is 2.44. The summed E-state index contributed by atoms with van der Waals surface area (Å²) in [6.07, 6.45) is 4.07. The van der Waals surface area contributed by atoms with Gasteiger partial charge in [0.05, 0.1) is 48.8 Å². The third kappa shape index (κ3) is 3.89. The van der Waals surface area contributed by atoms with Crippen LogP contribution in [-0.2, 0) is 16.1 Å². The van der Waals surface area contributed by atoms with E-state index in [1.807, 2.05) is 13.0 Å². The van der Waals surface area contributed by atoms with E-state index >= 15 is 0 Å². The van der Waals surface area contributed by atoms with E-state index in [2.05, 4.69) is 21.7 Å². The molecule has 0 amide bonds. The monoisotopic (exact) mass is 518 g/mol. The zero-order chi connectivity index (χ0) is 24.3. The van der Waals surface area contributed by atoms with Crippen LogP contribution >= 0.6 is 23.4 Å². The molecular formula is C24H31ClN6O3S. The molecule has 6 rings (SSSR count). The number of aliphatic hydroxyl groups is 1. The van der Waals surface area contributed by atoms with Gasteiger partial charge in [0.15, 0.2) is 5.82 Å². The van der Waals surface area contributed by atoms with Crippen LogP contribution in [-0.4, -0.2) is 77.2 Å². The second-order valence-electron chi connectivity index (χ2n) is 10.1. The number of fused-ring (bicyclic) bond motifs is 1. The minimum Gasteiger partial charge on any atom is -0.390 e. The number of aryl methyl sites for hydroxylation is 1. The van der Waals surface area contributed by atoms with Gasteiger partial charge in [-0.25, -0.2) is 15.0 Å². The fraction of sp³-hybridized carbons (Fsp3) is 0.625. The molecule has 3 N–H and O–H groups in total. The maximum Gasteiger partial charge on any atom is 0.153 e. The minimum atomic E-state index is -0.177. The molecule has 2 aromatic rings. The van der Waals surface area contributed by atoms with Crippen molar-refractivity contribution >= 4 is 35.0 Å². The first-order valence-electron chi connectivity index (χ1n) is 12.2. The average molecular weight is 519 g/mol. The smallest absolute Gasteiger partial charge is 0.153 e. The Labute approximate surface area is 214 Å². The number of nitrogens with zero attached hydrogens (tertiary/aromatic N) is 5. The zero-order valence-electron chi connectivity index (χ0n) is 20.0. The van der Waals surface area contributed by atoms with E-state index in [-0.39, 0.29) is 24.2 Å². The molecule has 4 fully saturated rings. The third-order valence-electron chi connectivity index (χ3n) is 8.13. The first-order valence-corrected chi connectivity index (χ1v) is 13.4. The zero-order valence-corrected chi connectivity index (χ0v) is 21.6. The Hall–Kier alpha value is -1.69. The largest absolute Gasteiger partial charge is 0.390 e. The molecule has 1 unspecified atom stereocenters. The Kier molecular flexibility index (Phi) is 6.10. The van der Waals surface area contributed by atoms with Gasteiger partial charge in [-0.3, -0.25) is 0 Å². The topological polar surface area (TPSA) is 110 Å². The Bertz CT molecular complexity index is 1130. The molecule has 35 heavy (non-hydrogen) atoms. The average Bonchev–Trinajstić information content (AvgIpc) is 3.12. The molecule has 9 nitrogen and oxygen atoms in total. The van der Waals surface area contributed by atoms with Gasteiger partial charge >= 0.3 is 0 Å². The van der Waals surface area contributed by atoms with E-state index in [0.717, 1.165) is 72.9 Å². The van der Waals surface area contributed by atoms with E-state index in [1.54, 1.807) is 6.20 Å². The number of ether oxygens (including phenoxy) is 2. The molecule has 11 heteroatoms. The summed E-state index contributed by atoms with van der Waals surface area (Å²) in [5.74, 6) is 1.54. The molecule has 0 radical (unpaired) electrons. The molecule has 0 bridgehead atoms. The van der Waals surface area contributed by atoms with Crippen LogP contribution in [0.5, 0.6) is 0 Å². The SMILES string of the molecule is Cc1nc(N2CCC3(CC2)CO[C@@H](C)[C@H]3N)c(CO)nc1Sc1ccnc(N2C[C@H]3OCC32)c1Cl. The highest BCUT2D eigenvalue weighted by atomic mass is 35.5. The van der Waals surface area contributed by atoms with Crippen LogP contribution in [0.2, 0.25) is 5.02 Å². The number of pyridine rings is 1. The van der Waals surface area contributed by atoms with Gasteiger partial charge in [0, 0.05) is 42.2 Å². The predicted octanol–water partition coefficient (Wildman–Crippen LogP) is 2.40. The number of piperidine rings is 1. The Morgan fingerprint density at radius 2 is 2.06 bits per heavy atom. The van der Waals surface area contributed by atoms with Crippen molar-refractivity contribution in [2.75, 3.05) is 42.6 Å². The van der Waals surface area contributed by atoms with Crippen molar-refractivity contribution in [2.45, 2.75) is 67.5 Å². The number of aliphatic hydroxyl groups excluding tert-OH is 1. The third-order valence-corrected chi connectivity index (χ3v) is 9.76. The molecule has 0 aliphatic carbocycles. The van der Waals surface area contributed by atoms with Crippen LogP contribution in [0.3, 0.4) is 0 Å². The first kappa shape index (κ1) is 23.7. The van der Waals surface area contributed by atoms with Crippen molar-refractivity contribution in [1.82, 2.24) is 15.0 Å². The Balaban J connectivity index is 1.21. The molecule has 6 heterocycles. The van der Waals surface area contributed by atoms with Gasteiger partial charge in [-0.05, 0) is 32.8 Å². The lowest BCUT2D eigenvalue weighted by Gasteiger charge is -2.55. The van der Waals surface area contributed by atoms with Gasteiger partial charge in [-0.15, -0.1) is 0 Å². The van der Waals surface area contributed by atoms with E-state index < -0.39 is 0 Å². The van der Waals surface area contributed by atoms with E-state index in [0.29, 0.717) is 22.9 Å². The molecule has 0 aromatic carbocycles. The summed E-state index contributed by atoms with van der Waals surface area (Å²) in [5, 5.41) is 11.5. The van der Waals surface area contributed by atoms with Crippen LogP contribution in [0.1, 0.15) is 31.2 Å². The molecular weight excluding hydrogens is 488 g/mol. The van der Waals surface area contributed by atoms with Gasteiger partial charge in [0.2, 0.25) is 0 Å². The van der Waals surface area contributed by atoms with Crippen molar-refractivity contribution in [3.05, 3.63) is 28.7 Å². The number of hydrogen-bond acceptors (Lipinski definition) is 10. The van der Waals surface area contributed by atoms with Crippen LogP contribution in [0.25, 0.3) is 0 Å². The summed E-state index contributed by atoms with van der Waals surface area (Å²) in [6, 6.07) is 2.33. The number of nitrogens with two attached hydrogens (primary N) is 1. The summed E-state index contributed by atoms with van der Waals surface area (Å²) in [5.41, 5.74) is 7.90. The van der Waals surface area contributed by atoms with Gasteiger partial charge in [-0.1, -0.05) is 23.4 Å². The maximum atomic E-state index is 10.2. The molecule has 4 aliphatic heterocycles. The highest BCUT2D eigenvalue weighted by Gasteiger charge is 2.49. The lowest BCUT2D eigenvalue weighted by Crippen LogP contribution is -2.71. The molecule has 4 saturated heterocycles. The number of anilines is 2. The summed E-state index contributed by atoms with van der Waals surface area (Å²) in [7, 11) is 0. The Morgan fingerprint density at radius 3 is 2.66 bits per heavy atom. The second-order valence-corrected chi connectivity index (χ2v) is 11.5. The predicted molar refractivity (Wildman–Crippen MR) is 134 cm³/mol. The number of hydrogen-bond donors (Lipinski definition) is 2. The van der Waals surface area contributed by atoms with Crippen LogP contribution in [0.15, 0.2) is 22.2 Å². The molecule has 2 aromatic heterocycles. The quantitative estimate of drug-likeness (QED) is 0.612. The van der Waals surface area contributed by atoms with Crippen molar-refractivity contribution in [2.24, 2.45) is 11.1 Å². The number of aromatic nitrogens is 3. The maximum absolute atomic E-state index is 10.2.